The Morgan fingerprint density at radius 2 is 2.27 bits per heavy atom. The summed E-state index contributed by atoms with van der Waals surface area (Å²) >= 11 is 0. The molecule has 1 unspecified atom stereocenters. The number of carbonyl (C=O) groups excluding carboxylic acids is 1. The number of carbonyl (C=O) groups is 1. The highest BCUT2D eigenvalue weighted by molar-refractivity contribution is 5.75. The summed E-state index contributed by atoms with van der Waals surface area (Å²) in [5.74, 6) is 0.972. The van der Waals surface area contributed by atoms with Crippen molar-refractivity contribution in [2.75, 3.05) is 39.3 Å². The molecule has 0 saturated carbocycles. The number of amides is 1. The number of aliphatic hydroxyl groups is 1. The molecule has 1 N–H and O–H groups in total. The molecule has 1 atom stereocenters. The minimum Gasteiger partial charge on any atom is -0.467 e. The molecule has 2 heterocycles. The fourth-order valence-electron chi connectivity index (χ4n) is 2.67. The monoisotopic (exact) mass is 310 g/mol. The average molecular weight is 310 g/mol. The number of nitrogens with zero attached hydrogens (tertiary/aromatic N) is 2. The van der Waals surface area contributed by atoms with E-state index in [-0.39, 0.29) is 12.5 Å². The van der Waals surface area contributed by atoms with Gasteiger partial charge in [-0.25, -0.2) is 0 Å². The first kappa shape index (κ1) is 17.0. The summed E-state index contributed by atoms with van der Waals surface area (Å²) in [6.07, 6.45) is 2.59. The van der Waals surface area contributed by atoms with Crippen molar-refractivity contribution in [1.29, 1.82) is 0 Å². The summed E-state index contributed by atoms with van der Waals surface area (Å²) in [6.45, 7) is 6.40. The first-order chi connectivity index (χ1) is 10.7. The van der Waals surface area contributed by atoms with Crippen LogP contribution in [0.2, 0.25) is 0 Å². The Morgan fingerprint density at radius 1 is 1.41 bits per heavy atom. The second-order valence-corrected chi connectivity index (χ2v) is 5.64. The minimum atomic E-state index is -0.525. The lowest BCUT2D eigenvalue weighted by atomic mass is 10.3. The zero-order chi connectivity index (χ0) is 15.8. The molecule has 1 amide bonds. The first-order valence-electron chi connectivity index (χ1n) is 7.97. The van der Waals surface area contributed by atoms with Crippen LogP contribution in [0.1, 0.15) is 25.5 Å². The van der Waals surface area contributed by atoms with Crippen molar-refractivity contribution >= 4 is 5.91 Å². The molecule has 1 aromatic rings. The van der Waals surface area contributed by atoms with Crippen LogP contribution in [0.5, 0.6) is 0 Å². The van der Waals surface area contributed by atoms with Crippen molar-refractivity contribution in [1.82, 2.24) is 9.80 Å². The Kier molecular flexibility index (Phi) is 6.89. The lowest BCUT2D eigenvalue weighted by molar-refractivity contribution is -0.130. The van der Waals surface area contributed by atoms with Gasteiger partial charge in [-0.15, -0.1) is 0 Å². The Morgan fingerprint density at radius 3 is 3.00 bits per heavy atom. The van der Waals surface area contributed by atoms with Gasteiger partial charge >= 0.3 is 0 Å². The maximum absolute atomic E-state index is 11.7. The summed E-state index contributed by atoms with van der Waals surface area (Å²) < 4.78 is 10.6. The van der Waals surface area contributed by atoms with Crippen LogP contribution in [0.25, 0.3) is 0 Å². The Labute approximate surface area is 131 Å². The van der Waals surface area contributed by atoms with Crippen molar-refractivity contribution in [3.05, 3.63) is 24.2 Å². The van der Waals surface area contributed by atoms with Gasteiger partial charge in [-0.05, 0) is 25.1 Å². The van der Waals surface area contributed by atoms with Crippen LogP contribution in [0.4, 0.5) is 0 Å². The Balaban J connectivity index is 1.65. The van der Waals surface area contributed by atoms with Crippen molar-refractivity contribution in [3.63, 3.8) is 0 Å². The SMILES string of the molecule is CCC(=O)N1CCCN(CC(O)COCc2ccco2)CC1. The lowest BCUT2D eigenvalue weighted by Gasteiger charge is -2.23. The van der Waals surface area contributed by atoms with E-state index in [1.807, 2.05) is 24.0 Å². The molecule has 124 valence electrons. The molecule has 1 aliphatic heterocycles. The average Bonchev–Trinajstić information content (AvgIpc) is 2.92. The summed E-state index contributed by atoms with van der Waals surface area (Å²) in [6, 6.07) is 3.66. The Bertz CT molecular complexity index is 435. The smallest absolute Gasteiger partial charge is 0.222 e. The van der Waals surface area contributed by atoms with Gasteiger partial charge in [0, 0.05) is 32.6 Å². The van der Waals surface area contributed by atoms with Crippen LogP contribution in [-0.2, 0) is 16.1 Å². The highest BCUT2D eigenvalue weighted by atomic mass is 16.5. The number of hydrogen-bond donors (Lipinski definition) is 1. The predicted molar refractivity (Wildman–Crippen MR) is 82.3 cm³/mol. The molecule has 0 radical (unpaired) electrons. The van der Waals surface area contributed by atoms with Crippen LogP contribution < -0.4 is 0 Å². The molecule has 6 heteroatoms. The summed E-state index contributed by atoms with van der Waals surface area (Å²) in [5, 5.41) is 10.1. The number of β-amino-alcohol motifs (C(OH)–C–C–N with tert-alkyl or cyclic N) is 1. The molecule has 1 saturated heterocycles. The van der Waals surface area contributed by atoms with Gasteiger partial charge in [-0.2, -0.15) is 0 Å². The molecular weight excluding hydrogens is 284 g/mol. The van der Waals surface area contributed by atoms with Crippen LogP contribution >= 0.6 is 0 Å². The highest BCUT2D eigenvalue weighted by Crippen LogP contribution is 2.07. The van der Waals surface area contributed by atoms with Gasteiger partial charge < -0.3 is 19.2 Å². The van der Waals surface area contributed by atoms with E-state index in [4.69, 9.17) is 9.15 Å². The van der Waals surface area contributed by atoms with E-state index in [2.05, 4.69) is 4.90 Å². The van der Waals surface area contributed by atoms with Crippen molar-refractivity contribution in [2.45, 2.75) is 32.5 Å². The minimum absolute atomic E-state index is 0.212. The van der Waals surface area contributed by atoms with Gasteiger partial charge in [-0.3, -0.25) is 9.69 Å². The quantitative estimate of drug-likeness (QED) is 0.817. The maximum atomic E-state index is 11.7. The second-order valence-electron chi connectivity index (χ2n) is 5.64. The molecular formula is C16H26N2O4. The van der Waals surface area contributed by atoms with E-state index in [9.17, 15) is 9.90 Å². The third-order valence-electron chi connectivity index (χ3n) is 3.85. The van der Waals surface area contributed by atoms with Crippen molar-refractivity contribution in [2.24, 2.45) is 0 Å². The van der Waals surface area contributed by atoms with Gasteiger partial charge in [0.2, 0.25) is 5.91 Å². The molecule has 0 aromatic carbocycles. The third kappa shape index (κ3) is 5.44. The highest BCUT2D eigenvalue weighted by Gasteiger charge is 2.19. The fourth-order valence-corrected chi connectivity index (χ4v) is 2.67. The van der Waals surface area contributed by atoms with Crippen LogP contribution in [-0.4, -0.2) is 66.2 Å². The fraction of sp³-hybridized carbons (Fsp3) is 0.688. The van der Waals surface area contributed by atoms with E-state index in [1.54, 1.807) is 6.26 Å². The molecule has 0 bridgehead atoms. The van der Waals surface area contributed by atoms with Crippen molar-refractivity contribution < 1.29 is 19.1 Å². The maximum Gasteiger partial charge on any atom is 0.222 e. The molecule has 1 aliphatic rings. The Hall–Kier alpha value is -1.37. The van der Waals surface area contributed by atoms with Crippen LogP contribution in [0, 0.1) is 0 Å². The zero-order valence-corrected chi connectivity index (χ0v) is 13.2. The van der Waals surface area contributed by atoms with Crippen LogP contribution in [0.15, 0.2) is 22.8 Å². The first-order valence-corrected chi connectivity index (χ1v) is 7.97. The van der Waals surface area contributed by atoms with E-state index in [0.717, 1.165) is 38.4 Å². The number of ether oxygens (including phenoxy) is 1. The molecule has 6 nitrogen and oxygen atoms in total. The van der Waals surface area contributed by atoms with Gasteiger partial charge in [-0.1, -0.05) is 6.92 Å². The predicted octanol–water partition coefficient (Wildman–Crippen LogP) is 1.10. The number of furan rings is 1. The van der Waals surface area contributed by atoms with E-state index in [1.165, 1.54) is 0 Å². The van der Waals surface area contributed by atoms with E-state index >= 15 is 0 Å². The third-order valence-corrected chi connectivity index (χ3v) is 3.85. The number of aliphatic hydroxyl groups excluding tert-OH is 1. The van der Waals surface area contributed by atoms with Crippen LogP contribution in [0.3, 0.4) is 0 Å². The topological polar surface area (TPSA) is 66.2 Å². The molecule has 2 rings (SSSR count). The van der Waals surface area contributed by atoms with E-state index in [0.29, 0.717) is 19.6 Å². The summed E-state index contributed by atoms with van der Waals surface area (Å²) in [5.41, 5.74) is 0. The van der Waals surface area contributed by atoms with Gasteiger partial charge in [0.1, 0.15) is 12.4 Å². The summed E-state index contributed by atoms with van der Waals surface area (Å²) in [7, 11) is 0. The number of rotatable bonds is 7. The summed E-state index contributed by atoms with van der Waals surface area (Å²) in [4.78, 5) is 15.8. The molecule has 0 aliphatic carbocycles. The molecule has 1 aromatic heterocycles. The standard InChI is InChI=1S/C16H26N2O4/c1-2-16(20)18-7-4-6-17(8-9-18)11-14(19)12-21-13-15-5-3-10-22-15/h3,5,10,14,19H,2,4,6-9,11-13H2,1H3. The largest absolute Gasteiger partial charge is 0.467 e. The van der Waals surface area contributed by atoms with Gasteiger partial charge in [0.25, 0.3) is 0 Å². The van der Waals surface area contributed by atoms with Gasteiger partial charge in [0.05, 0.1) is 19.0 Å². The van der Waals surface area contributed by atoms with Crippen molar-refractivity contribution in [3.8, 4) is 0 Å². The second kappa shape index (κ2) is 8.92. The zero-order valence-electron chi connectivity index (χ0n) is 13.2. The molecule has 22 heavy (non-hydrogen) atoms. The lowest BCUT2D eigenvalue weighted by Crippen LogP contribution is -2.38. The molecule has 0 spiro atoms. The number of hydrogen-bond acceptors (Lipinski definition) is 5. The van der Waals surface area contributed by atoms with Gasteiger partial charge in [0.15, 0.2) is 0 Å². The molecule has 1 fully saturated rings. The van der Waals surface area contributed by atoms with E-state index < -0.39 is 6.10 Å². The normalized spacial score (nSPS) is 18.2.